The third-order valence-electron chi connectivity index (χ3n) is 3.92. The van der Waals surface area contributed by atoms with Gasteiger partial charge in [0, 0.05) is 54.4 Å². The fourth-order valence-electron chi connectivity index (χ4n) is 2.27. The van der Waals surface area contributed by atoms with Gasteiger partial charge in [0.2, 0.25) is 11.8 Å². The van der Waals surface area contributed by atoms with Crippen molar-refractivity contribution in [3.63, 3.8) is 0 Å². The standard InChI is InChI=1S/C15H30N6O2/c1-16-15(17-10-13(22)19(2)3)18-12-6-8-21(9-7-12)11-14(23)20(4)5/h12H,6-11H2,1-5H3,(H2,16,17,18). The van der Waals surface area contributed by atoms with Crippen molar-refractivity contribution in [1.82, 2.24) is 25.3 Å². The summed E-state index contributed by atoms with van der Waals surface area (Å²) in [6.07, 6.45) is 1.89. The Labute approximate surface area is 138 Å². The van der Waals surface area contributed by atoms with Crippen LogP contribution in [0.5, 0.6) is 0 Å². The molecule has 8 heteroatoms. The van der Waals surface area contributed by atoms with E-state index in [-0.39, 0.29) is 18.4 Å². The predicted octanol–water partition coefficient (Wildman–Crippen LogP) is -1.21. The Morgan fingerprint density at radius 1 is 1.09 bits per heavy atom. The summed E-state index contributed by atoms with van der Waals surface area (Å²) in [5.41, 5.74) is 0. The maximum absolute atomic E-state index is 11.7. The van der Waals surface area contributed by atoms with Crippen molar-refractivity contribution >= 4 is 17.8 Å². The predicted molar refractivity (Wildman–Crippen MR) is 91.3 cm³/mol. The summed E-state index contributed by atoms with van der Waals surface area (Å²) in [5, 5.41) is 6.37. The topological polar surface area (TPSA) is 80.3 Å². The summed E-state index contributed by atoms with van der Waals surface area (Å²) in [6, 6.07) is 0.307. The van der Waals surface area contributed by atoms with Gasteiger partial charge in [0.05, 0.1) is 13.1 Å². The summed E-state index contributed by atoms with van der Waals surface area (Å²) in [4.78, 5) is 32.8. The molecule has 1 saturated heterocycles. The van der Waals surface area contributed by atoms with Gasteiger partial charge in [-0.3, -0.25) is 19.5 Å². The Kier molecular flexibility index (Phi) is 7.80. The number of hydrogen-bond acceptors (Lipinski definition) is 4. The van der Waals surface area contributed by atoms with Gasteiger partial charge in [-0.25, -0.2) is 0 Å². The van der Waals surface area contributed by atoms with Gasteiger partial charge < -0.3 is 20.4 Å². The van der Waals surface area contributed by atoms with E-state index in [9.17, 15) is 9.59 Å². The van der Waals surface area contributed by atoms with Crippen molar-refractivity contribution in [2.75, 3.05) is 61.4 Å². The van der Waals surface area contributed by atoms with Gasteiger partial charge in [-0.05, 0) is 12.8 Å². The normalized spacial score (nSPS) is 16.8. The highest BCUT2D eigenvalue weighted by Crippen LogP contribution is 2.10. The second-order valence-electron chi connectivity index (χ2n) is 6.20. The zero-order valence-corrected chi connectivity index (χ0v) is 14.9. The van der Waals surface area contributed by atoms with E-state index in [2.05, 4.69) is 20.5 Å². The number of likely N-dealkylation sites (tertiary alicyclic amines) is 1. The number of nitrogens with one attached hydrogen (secondary N) is 2. The van der Waals surface area contributed by atoms with E-state index in [1.54, 1.807) is 45.0 Å². The lowest BCUT2D eigenvalue weighted by molar-refractivity contribution is -0.130. The molecule has 0 aliphatic carbocycles. The van der Waals surface area contributed by atoms with Crippen molar-refractivity contribution in [3.8, 4) is 0 Å². The van der Waals surface area contributed by atoms with E-state index >= 15 is 0 Å². The Morgan fingerprint density at radius 2 is 1.65 bits per heavy atom. The Bertz CT molecular complexity index is 428. The average molecular weight is 326 g/mol. The zero-order valence-electron chi connectivity index (χ0n) is 14.9. The van der Waals surface area contributed by atoms with Crippen molar-refractivity contribution < 1.29 is 9.59 Å². The molecule has 8 nitrogen and oxygen atoms in total. The SMILES string of the molecule is CN=C(NCC(=O)N(C)C)NC1CCN(CC(=O)N(C)C)CC1. The molecule has 0 aromatic rings. The monoisotopic (exact) mass is 326 g/mol. The van der Waals surface area contributed by atoms with E-state index < -0.39 is 0 Å². The number of guanidine groups is 1. The molecule has 0 radical (unpaired) electrons. The lowest BCUT2D eigenvalue weighted by Gasteiger charge is -2.33. The molecule has 0 unspecified atom stereocenters. The number of carbonyl (C=O) groups excluding carboxylic acids is 2. The Morgan fingerprint density at radius 3 is 2.13 bits per heavy atom. The zero-order chi connectivity index (χ0) is 17.4. The first kappa shape index (κ1) is 19.2. The van der Waals surface area contributed by atoms with Crippen molar-refractivity contribution in [2.24, 2.45) is 4.99 Å². The molecular formula is C15H30N6O2. The lowest BCUT2D eigenvalue weighted by Crippen LogP contribution is -2.51. The molecule has 0 atom stereocenters. The van der Waals surface area contributed by atoms with Crippen LogP contribution in [0.15, 0.2) is 4.99 Å². The van der Waals surface area contributed by atoms with Crippen molar-refractivity contribution in [2.45, 2.75) is 18.9 Å². The molecule has 1 fully saturated rings. The van der Waals surface area contributed by atoms with Crippen LogP contribution in [0.2, 0.25) is 0 Å². The highest BCUT2D eigenvalue weighted by Gasteiger charge is 2.22. The number of aliphatic imine (C=N–C) groups is 1. The highest BCUT2D eigenvalue weighted by atomic mass is 16.2. The largest absolute Gasteiger partial charge is 0.354 e. The number of hydrogen-bond donors (Lipinski definition) is 2. The smallest absolute Gasteiger partial charge is 0.241 e. The molecule has 0 aromatic carbocycles. The van der Waals surface area contributed by atoms with Crippen LogP contribution in [0.1, 0.15) is 12.8 Å². The molecule has 0 aromatic heterocycles. The third kappa shape index (κ3) is 6.85. The number of piperidine rings is 1. The summed E-state index contributed by atoms with van der Waals surface area (Å²) >= 11 is 0. The number of nitrogens with zero attached hydrogens (tertiary/aromatic N) is 4. The van der Waals surface area contributed by atoms with E-state index in [4.69, 9.17) is 0 Å². The quantitative estimate of drug-likeness (QED) is 0.490. The fraction of sp³-hybridized carbons (Fsp3) is 0.800. The summed E-state index contributed by atoms with van der Waals surface area (Å²) < 4.78 is 0. The van der Waals surface area contributed by atoms with E-state index in [0.717, 1.165) is 25.9 Å². The van der Waals surface area contributed by atoms with Crippen molar-refractivity contribution in [3.05, 3.63) is 0 Å². The van der Waals surface area contributed by atoms with E-state index in [0.29, 0.717) is 18.5 Å². The molecule has 2 N–H and O–H groups in total. The van der Waals surface area contributed by atoms with Crippen LogP contribution in [0.3, 0.4) is 0 Å². The van der Waals surface area contributed by atoms with Crippen LogP contribution in [-0.2, 0) is 9.59 Å². The maximum Gasteiger partial charge on any atom is 0.241 e. The van der Waals surface area contributed by atoms with Gasteiger partial charge in [-0.2, -0.15) is 0 Å². The van der Waals surface area contributed by atoms with Gasteiger partial charge in [0.25, 0.3) is 0 Å². The van der Waals surface area contributed by atoms with Gasteiger partial charge in [-0.1, -0.05) is 0 Å². The number of likely N-dealkylation sites (N-methyl/N-ethyl adjacent to an activating group) is 2. The van der Waals surface area contributed by atoms with Gasteiger partial charge >= 0.3 is 0 Å². The van der Waals surface area contributed by atoms with Crippen molar-refractivity contribution in [1.29, 1.82) is 0 Å². The maximum atomic E-state index is 11.7. The number of amides is 2. The van der Waals surface area contributed by atoms with Crippen LogP contribution >= 0.6 is 0 Å². The molecule has 23 heavy (non-hydrogen) atoms. The minimum Gasteiger partial charge on any atom is -0.354 e. The molecule has 1 rings (SSSR count). The lowest BCUT2D eigenvalue weighted by atomic mass is 10.1. The van der Waals surface area contributed by atoms with Gasteiger partial charge in [0.1, 0.15) is 0 Å². The molecule has 2 amide bonds. The van der Waals surface area contributed by atoms with E-state index in [1.807, 2.05) is 0 Å². The Hall–Kier alpha value is -1.83. The second-order valence-corrected chi connectivity index (χ2v) is 6.20. The average Bonchev–Trinajstić information content (AvgIpc) is 2.52. The molecule has 1 aliphatic heterocycles. The van der Waals surface area contributed by atoms with Gasteiger partial charge in [-0.15, -0.1) is 0 Å². The molecule has 1 heterocycles. The summed E-state index contributed by atoms with van der Waals surface area (Å²) in [5.74, 6) is 0.782. The van der Waals surface area contributed by atoms with Crippen LogP contribution in [0.4, 0.5) is 0 Å². The summed E-state index contributed by atoms with van der Waals surface area (Å²) in [7, 11) is 8.71. The van der Waals surface area contributed by atoms with Crippen LogP contribution in [0, 0.1) is 0 Å². The minimum atomic E-state index is 0.00460. The molecule has 1 aliphatic rings. The first-order valence-corrected chi connectivity index (χ1v) is 7.93. The molecule has 132 valence electrons. The summed E-state index contributed by atoms with van der Waals surface area (Å²) in [6.45, 7) is 2.46. The first-order valence-electron chi connectivity index (χ1n) is 7.93. The van der Waals surface area contributed by atoms with Crippen LogP contribution in [-0.4, -0.2) is 99.9 Å². The first-order chi connectivity index (χ1) is 10.8. The van der Waals surface area contributed by atoms with Crippen LogP contribution in [0.25, 0.3) is 0 Å². The molecular weight excluding hydrogens is 296 g/mol. The third-order valence-corrected chi connectivity index (χ3v) is 3.92. The molecule has 0 bridgehead atoms. The van der Waals surface area contributed by atoms with E-state index in [1.165, 1.54) is 0 Å². The number of rotatable bonds is 5. The highest BCUT2D eigenvalue weighted by molar-refractivity contribution is 5.86. The van der Waals surface area contributed by atoms with Crippen LogP contribution < -0.4 is 10.6 Å². The fourth-order valence-corrected chi connectivity index (χ4v) is 2.27. The molecule has 0 spiro atoms. The van der Waals surface area contributed by atoms with Gasteiger partial charge in [0.15, 0.2) is 5.96 Å². The molecule has 0 saturated carbocycles. The number of carbonyl (C=O) groups is 2. The Balaban J connectivity index is 2.33. The second kappa shape index (κ2) is 9.34. The minimum absolute atomic E-state index is 0.00460.